The molecule has 0 unspecified atom stereocenters. The van der Waals surface area contributed by atoms with E-state index in [1.165, 1.54) is 13.2 Å². The van der Waals surface area contributed by atoms with Crippen molar-refractivity contribution in [1.29, 1.82) is 0 Å². The molecule has 0 saturated carbocycles. The lowest BCUT2D eigenvalue weighted by atomic mass is 10.1. The van der Waals surface area contributed by atoms with Crippen LogP contribution < -0.4 is 9.47 Å². The minimum atomic E-state index is -1.05. The molecule has 0 atom stereocenters. The molecule has 1 radical (unpaired) electrons. The predicted octanol–water partition coefficient (Wildman–Crippen LogP) is 4.15. The average molecular weight is 376 g/mol. The van der Waals surface area contributed by atoms with Crippen LogP contribution in [0.3, 0.4) is 0 Å². The van der Waals surface area contributed by atoms with Crippen molar-refractivity contribution in [3.8, 4) is 11.5 Å². The van der Waals surface area contributed by atoms with Crippen LogP contribution in [0.15, 0.2) is 42.6 Å². The number of ether oxygens (including phenoxy) is 2. The van der Waals surface area contributed by atoms with Crippen molar-refractivity contribution < 1.29 is 28.3 Å². The van der Waals surface area contributed by atoms with Crippen LogP contribution in [0.2, 0.25) is 0 Å². The standard InChI is InChI=1S/C20H20F2NO4/c1-3-12-27-19-14(6-4-8-18(19)26-2)7-5-11-23(25)20(24)16-10-9-15(21)13-17(16)22/h5-6,8-11,13,25H,3,7,12H2,1-2H3/b11-5+. The molecule has 0 saturated heterocycles. The Balaban J connectivity index is 2.11. The van der Waals surface area contributed by atoms with Gasteiger partial charge in [0.1, 0.15) is 11.6 Å². The van der Waals surface area contributed by atoms with Crippen LogP contribution in [0.5, 0.6) is 11.5 Å². The van der Waals surface area contributed by atoms with Gasteiger partial charge in [-0.3, -0.25) is 10.0 Å². The SMILES string of the molecule is CCCOc1c(C/C=C/N(O)C(=O)c2ccc(F)cc2F)c[c]cc1OC. The summed E-state index contributed by atoms with van der Waals surface area (Å²) in [7, 11) is 1.52. The van der Waals surface area contributed by atoms with E-state index < -0.39 is 23.1 Å². The minimum absolute atomic E-state index is 0.243. The molecule has 2 rings (SSSR count). The zero-order chi connectivity index (χ0) is 19.8. The summed E-state index contributed by atoms with van der Waals surface area (Å²) in [6.45, 7) is 2.48. The second kappa shape index (κ2) is 9.68. The summed E-state index contributed by atoms with van der Waals surface area (Å²) < 4.78 is 37.5. The number of hydrogen-bond acceptors (Lipinski definition) is 4. The number of rotatable bonds is 8. The van der Waals surface area contributed by atoms with Gasteiger partial charge >= 0.3 is 0 Å². The summed E-state index contributed by atoms with van der Waals surface area (Å²) >= 11 is 0. The van der Waals surface area contributed by atoms with E-state index in [1.54, 1.807) is 12.1 Å². The number of hydrogen-bond donors (Lipinski definition) is 1. The largest absolute Gasteiger partial charge is 0.493 e. The molecule has 0 bridgehead atoms. The van der Waals surface area contributed by atoms with Crippen LogP contribution in [-0.2, 0) is 6.42 Å². The van der Waals surface area contributed by atoms with Gasteiger partial charge in [0, 0.05) is 17.8 Å². The summed E-state index contributed by atoms with van der Waals surface area (Å²) in [6, 6.07) is 8.78. The van der Waals surface area contributed by atoms with E-state index in [4.69, 9.17) is 9.47 Å². The Bertz CT molecular complexity index is 824. The predicted molar refractivity (Wildman–Crippen MR) is 94.8 cm³/mol. The molecule has 0 aliphatic carbocycles. The average Bonchev–Trinajstić information content (AvgIpc) is 2.66. The maximum Gasteiger partial charge on any atom is 0.284 e. The molecule has 5 nitrogen and oxygen atoms in total. The first-order chi connectivity index (χ1) is 13.0. The van der Waals surface area contributed by atoms with Gasteiger partial charge in [-0.2, -0.15) is 5.06 Å². The first-order valence-electron chi connectivity index (χ1n) is 8.31. The maximum absolute atomic E-state index is 13.6. The molecule has 0 fully saturated rings. The van der Waals surface area contributed by atoms with Gasteiger partial charge in [-0.1, -0.05) is 13.0 Å². The normalized spacial score (nSPS) is 10.9. The molecule has 27 heavy (non-hydrogen) atoms. The van der Waals surface area contributed by atoms with Crippen molar-refractivity contribution in [2.45, 2.75) is 19.8 Å². The third kappa shape index (κ3) is 5.27. The smallest absolute Gasteiger partial charge is 0.284 e. The summed E-state index contributed by atoms with van der Waals surface area (Å²) in [6.07, 6.45) is 3.72. The van der Waals surface area contributed by atoms with E-state index >= 15 is 0 Å². The third-order valence-electron chi connectivity index (χ3n) is 3.61. The Morgan fingerprint density at radius 2 is 2.11 bits per heavy atom. The van der Waals surface area contributed by atoms with Crippen molar-refractivity contribution in [3.63, 3.8) is 0 Å². The molecule has 0 aromatic heterocycles. The summed E-state index contributed by atoms with van der Waals surface area (Å²) in [5, 5.41) is 10.1. The van der Waals surface area contributed by atoms with Crippen LogP contribution in [0.25, 0.3) is 0 Å². The van der Waals surface area contributed by atoms with Crippen molar-refractivity contribution in [3.05, 3.63) is 71.4 Å². The molecule has 2 aromatic rings. The highest BCUT2D eigenvalue weighted by Gasteiger charge is 2.17. The number of allylic oxidation sites excluding steroid dienone is 1. The minimum Gasteiger partial charge on any atom is -0.493 e. The quantitative estimate of drug-likeness (QED) is 0.555. The first kappa shape index (κ1) is 20.4. The van der Waals surface area contributed by atoms with Crippen LogP contribution in [0.1, 0.15) is 29.3 Å². The van der Waals surface area contributed by atoms with E-state index in [2.05, 4.69) is 6.07 Å². The highest BCUT2D eigenvalue weighted by atomic mass is 19.1. The molecule has 1 amide bonds. The van der Waals surface area contributed by atoms with Crippen molar-refractivity contribution in [2.24, 2.45) is 0 Å². The van der Waals surface area contributed by atoms with E-state index in [9.17, 15) is 18.8 Å². The van der Waals surface area contributed by atoms with Gasteiger partial charge in [0.25, 0.3) is 5.91 Å². The van der Waals surface area contributed by atoms with Crippen LogP contribution >= 0.6 is 0 Å². The summed E-state index contributed by atoms with van der Waals surface area (Å²) in [4.78, 5) is 12.0. The fourth-order valence-electron chi connectivity index (χ4n) is 2.31. The fraction of sp³-hybridized carbons (Fsp3) is 0.250. The molecule has 0 aliphatic heterocycles. The molecule has 7 heteroatoms. The second-order valence-corrected chi connectivity index (χ2v) is 5.59. The van der Waals surface area contributed by atoms with E-state index in [0.29, 0.717) is 30.6 Å². The lowest BCUT2D eigenvalue weighted by Gasteiger charge is -2.14. The third-order valence-corrected chi connectivity index (χ3v) is 3.61. The van der Waals surface area contributed by atoms with Crippen molar-refractivity contribution in [1.82, 2.24) is 5.06 Å². The van der Waals surface area contributed by atoms with Crippen LogP contribution in [0.4, 0.5) is 8.78 Å². The van der Waals surface area contributed by atoms with Gasteiger partial charge in [-0.15, -0.1) is 0 Å². The second-order valence-electron chi connectivity index (χ2n) is 5.59. The summed E-state index contributed by atoms with van der Waals surface area (Å²) in [5.41, 5.74) is 0.304. The fourth-order valence-corrected chi connectivity index (χ4v) is 2.31. The number of methoxy groups -OCH3 is 1. The lowest BCUT2D eigenvalue weighted by molar-refractivity contribution is -0.0207. The van der Waals surface area contributed by atoms with Gasteiger partial charge in [0.2, 0.25) is 0 Å². The highest BCUT2D eigenvalue weighted by molar-refractivity contribution is 5.94. The number of carbonyl (C=O) groups excluding carboxylic acids is 1. The Labute approximate surface area is 156 Å². The monoisotopic (exact) mass is 376 g/mol. The molecular formula is C20H20F2NO4. The lowest BCUT2D eigenvalue weighted by Crippen LogP contribution is -2.22. The molecular weight excluding hydrogens is 356 g/mol. The summed E-state index contributed by atoms with van der Waals surface area (Å²) in [5.74, 6) is -1.78. The van der Waals surface area contributed by atoms with Gasteiger partial charge < -0.3 is 9.47 Å². The van der Waals surface area contributed by atoms with Gasteiger partial charge in [-0.05, 0) is 43.2 Å². The Morgan fingerprint density at radius 1 is 1.33 bits per heavy atom. The Hall–Kier alpha value is -2.93. The molecule has 0 aliphatic rings. The molecule has 1 N–H and O–H groups in total. The number of amides is 1. The highest BCUT2D eigenvalue weighted by Crippen LogP contribution is 2.31. The van der Waals surface area contributed by atoms with Crippen LogP contribution in [0, 0.1) is 17.7 Å². The molecule has 2 aromatic carbocycles. The van der Waals surface area contributed by atoms with Gasteiger partial charge in [0.05, 0.1) is 19.3 Å². The van der Waals surface area contributed by atoms with Crippen molar-refractivity contribution >= 4 is 5.91 Å². The number of carbonyl (C=O) groups is 1. The van der Waals surface area contributed by atoms with E-state index in [1.807, 2.05) is 6.92 Å². The molecule has 0 spiro atoms. The number of halogens is 2. The van der Waals surface area contributed by atoms with Gasteiger partial charge in [-0.25, -0.2) is 8.78 Å². The first-order valence-corrected chi connectivity index (χ1v) is 8.31. The Kier molecular flexibility index (Phi) is 7.31. The zero-order valence-corrected chi connectivity index (χ0v) is 15.0. The maximum atomic E-state index is 13.6. The number of nitrogens with zero attached hydrogens (tertiary/aromatic N) is 1. The zero-order valence-electron chi connectivity index (χ0n) is 15.0. The van der Waals surface area contributed by atoms with Gasteiger partial charge in [0.15, 0.2) is 11.5 Å². The molecule has 0 heterocycles. The Morgan fingerprint density at radius 3 is 2.78 bits per heavy atom. The number of benzene rings is 2. The van der Waals surface area contributed by atoms with Crippen molar-refractivity contribution in [2.75, 3.05) is 13.7 Å². The van der Waals surface area contributed by atoms with E-state index in [-0.39, 0.29) is 5.06 Å². The van der Waals surface area contributed by atoms with Crippen LogP contribution in [-0.4, -0.2) is 29.9 Å². The van der Waals surface area contributed by atoms with E-state index in [0.717, 1.165) is 30.3 Å². The number of hydroxylamine groups is 2. The topological polar surface area (TPSA) is 59.0 Å². The molecule has 143 valence electrons.